The normalized spacial score (nSPS) is 11.6. The number of carbonyl (C=O) groups excluding carboxylic acids is 2. The predicted octanol–water partition coefficient (Wildman–Crippen LogP) is -0.622. The molecule has 5 N–H and O–H groups in total. The Balaban J connectivity index is 2.47. The number of hydrogen-bond acceptors (Lipinski definition) is 6. The minimum atomic E-state index is -1.25. The number of anilines is 1. The van der Waals surface area contributed by atoms with Gasteiger partial charge >= 0.3 is 12.0 Å². The number of nitrogens with two attached hydrogens (primary N) is 1. The first-order valence-electron chi connectivity index (χ1n) is 4.84. The lowest BCUT2D eigenvalue weighted by molar-refractivity contribution is -0.139. The molecule has 1 aromatic rings. The molecule has 0 fully saturated rings. The number of primary amides is 1. The van der Waals surface area contributed by atoms with Crippen LogP contribution in [0.4, 0.5) is 9.93 Å². The van der Waals surface area contributed by atoms with Gasteiger partial charge in [0.05, 0.1) is 0 Å². The van der Waals surface area contributed by atoms with Crippen LogP contribution < -0.4 is 16.4 Å². The van der Waals surface area contributed by atoms with E-state index in [1.807, 2.05) is 0 Å². The minimum Gasteiger partial charge on any atom is -0.480 e. The van der Waals surface area contributed by atoms with Crippen LogP contribution in [0, 0.1) is 0 Å². The Labute approximate surface area is 105 Å². The van der Waals surface area contributed by atoms with Gasteiger partial charge in [0.1, 0.15) is 11.6 Å². The fraction of sp³-hybridized carbons (Fsp3) is 0.375. The molecule has 0 aromatic carbocycles. The highest BCUT2D eigenvalue weighted by Crippen LogP contribution is 2.07. The number of nitrogens with zero attached hydrogens (tertiary/aromatic N) is 2. The minimum absolute atomic E-state index is 0.0752. The third kappa shape index (κ3) is 4.74. The average Bonchev–Trinajstić information content (AvgIpc) is 2.76. The van der Waals surface area contributed by atoms with E-state index in [0.29, 0.717) is 0 Å². The first kappa shape index (κ1) is 13.8. The molecule has 0 aliphatic rings. The second-order valence-electron chi connectivity index (χ2n) is 3.24. The topological polar surface area (TPSA) is 147 Å². The van der Waals surface area contributed by atoms with Crippen molar-refractivity contribution in [3.05, 3.63) is 5.51 Å². The summed E-state index contributed by atoms with van der Waals surface area (Å²) in [6.45, 7) is 0. The molecule has 0 aliphatic carbocycles. The van der Waals surface area contributed by atoms with Gasteiger partial charge in [0, 0.05) is 6.42 Å². The fourth-order valence-corrected chi connectivity index (χ4v) is 1.50. The third-order valence-corrected chi connectivity index (χ3v) is 2.47. The first-order chi connectivity index (χ1) is 8.49. The Morgan fingerprint density at radius 3 is 2.72 bits per heavy atom. The summed E-state index contributed by atoms with van der Waals surface area (Å²) in [4.78, 5) is 32.8. The highest BCUT2D eigenvalue weighted by molar-refractivity contribution is 7.13. The molecule has 0 bridgehead atoms. The number of hydrogen-bond donors (Lipinski definition) is 4. The summed E-state index contributed by atoms with van der Waals surface area (Å²) in [6, 6.07) is -1.92. The maximum absolute atomic E-state index is 11.4. The average molecular weight is 273 g/mol. The molecule has 10 heteroatoms. The van der Waals surface area contributed by atoms with Gasteiger partial charge in [0.2, 0.25) is 11.0 Å². The van der Waals surface area contributed by atoms with Crippen molar-refractivity contribution in [1.82, 2.24) is 15.5 Å². The molecule has 1 rings (SSSR count). The van der Waals surface area contributed by atoms with Gasteiger partial charge in [-0.15, -0.1) is 10.2 Å². The van der Waals surface area contributed by atoms with Gasteiger partial charge in [-0.05, 0) is 6.42 Å². The molecular formula is C8H11N5O4S. The van der Waals surface area contributed by atoms with E-state index < -0.39 is 23.9 Å². The van der Waals surface area contributed by atoms with Gasteiger partial charge in [-0.2, -0.15) is 0 Å². The monoisotopic (exact) mass is 273 g/mol. The van der Waals surface area contributed by atoms with Crippen LogP contribution in [0.5, 0.6) is 0 Å². The maximum atomic E-state index is 11.4. The molecule has 18 heavy (non-hydrogen) atoms. The molecule has 1 aromatic heterocycles. The molecule has 0 aliphatic heterocycles. The van der Waals surface area contributed by atoms with Crippen LogP contribution in [-0.2, 0) is 9.59 Å². The molecule has 98 valence electrons. The number of aromatic nitrogens is 2. The summed E-state index contributed by atoms with van der Waals surface area (Å²) in [5.74, 6) is -1.88. The highest BCUT2D eigenvalue weighted by Gasteiger charge is 2.20. The molecule has 0 radical (unpaired) electrons. The quantitative estimate of drug-likeness (QED) is 0.543. The molecule has 3 amide bonds. The van der Waals surface area contributed by atoms with Crippen molar-refractivity contribution in [3.8, 4) is 0 Å². The number of rotatable bonds is 6. The van der Waals surface area contributed by atoms with Gasteiger partial charge in [-0.1, -0.05) is 11.3 Å². The molecule has 1 unspecified atom stereocenters. The lowest BCUT2D eigenvalue weighted by Crippen LogP contribution is -2.43. The Kier molecular flexibility index (Phi) is 4.99. The largest absolute Gasteiger partial charge is 0.480 e. The van der Waals surface area contributed by atoms with Crippen molar-refractivity contribution >= 4 is 34.4 Å². The number of nitrogens with one attached hydrogen (secondary N) is 2. The third-order valence-electron chi connectivity index (χ3n) is 1.86. The van der Waals surface area contributed by atoms with Crippen molar-refractivity contribution < 1.29 is 19.5 Å². The van der Waals surface area contributed by atoms with E-state index in [4.69, 9.17) is 10.8 Å². The number of carboxylic acid groups (broad SMARTS) is 1. The zero-order valence-electron chi connectivity index (χ0n) is 9.12. The lowest BCUT2D eigenvalue weighted by atomic mass is 10.1. The fourth-order valence-electron chi connectivity index (χ4n) is 1.06. The zero-order valence-corrected chi connectivity index (χ0v) is 9.94. The SMILES string of the molecule is NC(=O)CCC(NC(=O)Nc1nncs1)C(=O)O. The van der Waals surface area contributed by atoms with E-state index in [1.165, 1.54) is 5.51 Å². The van der Waals surface area contributed by atoms with Crippen LogP contribution in [-0.4, -0.2) is 39.3 Å². The Hall–Kier alpha value is -2.23. The van der Waals surface area contributed by atoms with E-state index in [0.717, 1.165) is 11.3 Å². The number of carbonyl (C=O) groups is 3. The summed E-state index contributed by atoms with van der Waals surface area (Å²) >= 11 is 1.09. The van der Waals surface area contributed by atoms with Gasteiger partial charge in [-0.3, -0.25) is 10.1 Å². The zero-order chi connectivity index (χ0) is 13.5. The van der Waals surface area contributed by atoms with E-state index >= 15 is 0 Å². The van der Waals surface area contributed by atoms with Crippen LogP contribution in [0.15, 0.2) is 5.51 Å². The van der Waals surface area contributed by atoms with Crippen molar-refractivity contribution in [2.24, 2.45) is 5.73 Å². The number of carboxylic acids is 1. The van der Waals surface area contributed by atoms with Crippen LogP contribution in [0.2, 0.25) is 0 Å². The molecule has 0 saturated heterocycles. The van der Waals surface area contributed by atoms with Gasteiger partial charge in [0.15, 0.2) is 0 Å². The van der Waals surface area contributed by atoms with Gasteiger partial charge in [-0.25, -0.2) is 9.59 Å². The van der Waals surface area contributed by atoms with Crippen molar-refractivity contribution in [1.29, 1.82) is 0 Å². The summed E-state index contributed by atoms with van der Waals surface area (Å²) < 4.78 is 0. The van der Waals surface area contributed by atoms with Crippen molar-refractivity contribution in [2.75, 3.05) is 5.32 Å². The Morgan fingerprint density at radius 1 is 1.50 bits per heavy atom. The maximum Gasteiger partial charge on any atom is 0.326 e. The molecule has 1 heterocycles. The first-order valence-corrected chi connectivity index (χ1v) is 5.72. The summed E-state index contributed by atoms with van der Waals surface area (Å²) in [7, 11) is 0. The predicted molar refractivity (Wildman–Crippen MR) is 61.9 cm³/mol. The molecule has 9 nitrogen and oxygen atoms in total. The summed E-state index contributed by atoms with van der Waals surface area (Å²) in [6.07, 6.45) is -0.204. The summed E-state index contributed by atoms with van der Waals surface area (Å²) in [5, 5.41) is 20.6. The van der Waals surface area contributed by atoms with Crippen molar-refractivity contribution in [3.63, 3.8) is 0 Å². The van der Waals surface area contributed by atoms with Crippen LogP contribution >= 0.6 is 11.3 Å². The number of urea groups is 1. The van der Waals surface area contributed by atoms with Crippen molar-refractivity contribution in [2.45, 2.75) is 18.9 Å². The lowest BCUT2D eigenvalue weighted by Gasteiger charge is -2.13. The molecule has 0 saturated carbocycles. The second-order valence-corrected chi connectivity index (χ2v) is 4.07. The Bertz CT molecular complexity index is 435. The smallest absolute Gasteiger partial charge is 0.326 e. The molecule has 0 spiro atoms. The summed E-state index contributed by atoms with van der Waals surface area (Å²) in [5.41, 5.74) is 6.32. The van der Waals surface area contributed by atoms with E-state index in [-0.39, 0.29) is 18.0 Å². The molecular weight excluding hydrogens is 262 g/mol. The van der Waals surface area contributed by atoms with E-state index in [9.17, 15) is 14.4 Å². The second kappa shape index (κ2) is 6.49. The van der Waals surface area contributed by atoms with E-state index in [1.54, 1.807) is 0 Å². The number of amides is 3. The number of aliphatic carboxylic acids is 1. The van der Waals surface area contributed by atoms with Crippen LogP contribution in [0.3, 0.4) is 0 Å². The van der Waals surface area contributed by atoms with Gasteiger partial charge < -0.3 is 16.2 Å². The van der Waals surface area contributed by atoms with Crippen LogP contribution in [0.25, 0.3) is 0 Å². The standard InChI is InChI=1S/C8H11N5O4S/c9-5(14)2-1-4(6(15)16)11-7(17)12-8-13-10-3-18-8/h3-4H,1-2H2,(H2,9,14)(H,15,16)(H2,11,12,13,17). The van der Waals surface area contributed by atoms with Gasteiger partial charge in [0.25, 0.3) is 0 Å². The van der Waals surface area contributed by atoms with E-state index in [2.05, 4.69) is 20.8 Å². The highest BCUT2D eigenvalue weighted by atomic mass is 32.1. The van der Waals surface area contributed by atoms with Crippen LogP contribution in [0.1, 0.15) is 12.8 Å². The Morgan fingerprint density at radius 2 is 2.22 bits per heavy atom. The molecule has 1 atom stereocenters.